The van der Waals surface area contributed by atoms with Gasteiger partial charge in [0, 0.05) is 19.1 Å². The Morgan fingerprint density at radius 2 is 2.31 bits per heavy atom. The zero-order valence-electron chi connectivity index (χ0n) is 9.63. The Kier molecular flexibility index (Phi) is 4.42. The standard InChI is InChI=1S/C11H21N3O2/c15-11(16-10-4-6-12-8-10)14-7-3-9-2-1-5-13-9/h9-10,12-13H,1-8H2,(H,14,15)/t9-,10?/m1/s1. The summed E-state index contributed by atoms with van der Waals surface area (Å²) in [7, 11) is 0. The minimum atomic E-state index is -0.272. The second kappa shape index (κ2) is 6.06. The van der Waals surface area contributed by atoms with Crippen LogP contribution in [0.15, 0.2) is 0 Å². The number of carbonyl (C=O) groups excluding carboxylic acids is 1. The molecule has 5 heteroatoms. The predicted octanol–water partition coefficient (Wildman–Crippen LogP) is 0.217. The lowest BCUT2D eigenvalue weighted by molar-refractivity contribution is 0.107. The summed E-state index contributed by atoms with van der Waals surface area (Å²) in [5, 5.41) is 9.37. The maximum Gasteiger partial charge on any atom is 0.407 e. The van der Waals surface area contributed by atoms with Crippen LogP contribution in [0.5, 0.6) is 0 Å². The lowest BCUT2D eigenvalue weighted by Crippen LogP contribution is -2.33. The normalized spacial score (nSPS) is 29.2. The Morgan fingerprint density at radius 1 is 1.38 bits per heavy atom. The highest BCUT2D eigenvalue weighted by molar-refractivity contribution is 5.67. The van der Waals surface area contributed by atoms with E-state index in [4.69, 9.17) is 4.74 Å². The highest BCUT2D eigenvalue weighted by Gasteiger charge is 2.19. The number of carbonyl (C=O) groups is 1. The van der Waals surface area contributed by atoms with Crippen LogP contribution in [0.2, 0.25) is 0 Å². The molecule has 0 aliphatic carbocycles. The Bertz CT molecular complexity index is 223. The fourth-order valence-electron chi connectivity index (χ4n) is 2.27. The smallest absolute Gasteiger partial charge is 0.407 e. The van der Waals surface area contributed by atoms with E-state index >= 15 is 0 Å². The highest BCUT2D eigenvalue weighted by atomic mass is 16.6. The summed E-state index contributed by atoms with van der Waals surface area (Å²) >= 11 is 0. The molecule has 0 aromatic rings. The number of hydrogen-bond acceptors (Lipinski definition) is 4. The molecule has 0 aromatic carbocycles. The molecule has 16 heavy (non-hydrogen) atoms. The van der Waals surface area contributed by atoms with Gasteiger partial charge in [0.25, 0.3) is 0 Å². The molecule has 0 saturated carbocycles. The molecule has 3 N–H and O–H groups in total. The molecule has 2 heterocycles. The zero-order chi connectivity index (χ0) is 11.2. The Hall–Kier alpha value is -0.810. The molecule has 5 nitrogen and oxygen atoms in total. The maximum absolute atomic E-state index is 11.4. The van der Waals surface area contributed by atoms with Gasteiger partial charge in [-0.2, -0.15) is 0 Å². The van der Waals surface area contributed by atoms with Crippen LogP contribution in [-0.2, 0) is 4.74 Å². The quantitative estimate of drug-likeness (QED) is 0.643. The van der Waals surface area contributed by atoms with Crippen LogP contribution in [0, 0.1) is 0 Å². The topological polar surface area (TPSA) is 62.4 Å². The Balaban J connectivity index is 1.52. The van der Waals surface area contributed by atoms with E-state index in [1.54, 1.807) is 0 Å². The van der Waals surface area contributed by atoms with Gasteiger partial charge in [0.05, 0.1) is 0 Å². The van der Waals surface area contributed by atoms with Gasteiger partial charge in [-0.05, 0) is 38.8 Å². The first-order valence-electron chi connectivity index (χ1n) is 6.23. The third kappa shape index (κ3) is 3.64. The van der Waals surface area contributed by atoms with Crippen LogP contribution >= 0.6 is 0 Å². The van der Waals surface area contributed by atoms with Gasteiger partial charge in [0.15, 0.2) is 0 Å². The van der Waals surface area contributed by atoms with Crippen molar-refractivity contribution >= 4 is 6.09 Å². The SMILES string of the molecule is O=C(NCC[C@H]1CCCN1)OC1CCNC1. The van der Waals surface area contributed by atoms with Gasteiger partial charge in [-0.1, -0.05) is 0 Å². The lowest BCUT2D eigenvalue weighted by Gasteiger charge is -2.13. The molecule has 0 bridgehead atoms. The van der Waals surface area contributed by atoms with Crippen LogP contribution in [0.1, 0.15) is 25.7 Å². The molecule has 2 saturated heterocycles. The van der Waals surface area contributed by atoms with Gasteiger partial charge >= 0.3 is 6.09 Å². The first-order valence-corrected chi connectivity index (χ1v) is 6.23. The first-order chi connectivity index (χ1) is 7.84. The second-order valence-electron chi connectivity index (χ2n) is 4.53. The van der Waals surface area contributed by atoms with Gasteiger partial charge < -0.3 is 20.7 Å². The third-order valence-corrected chi connectivity index (χ3v) is 3.21. The van der Waals surface area contributed by atoms with E-state index in [0.717, 1.165) is 32.5 Å². The highest BCUT2D eigenvalue weighted by Crippen LogP contribution is 2.07. The Morgan fingerprint density at radius 3 is 3.00 bits per heavy atom. The van der Waals surface area contributed by atoms with Crippen molar-refractivity contribution < 1.29 is 9.53 Å². The van der Waals surface area contributed by atoms with Crippen LogP contribution in [0.25, 0.3) is 0 Å². The molecule has 0 aromatic heterocycles. The van der Waals surface area contributed by atoms with E-state index < -0.39 is 0 Å². The number of hydrogen-bond donors (Lipinski definition) is 3. The van der Waals surface area contributed by atoms with Gasteiger partial charge in [-0.3, -0.25) is 0 Å². The lowest BCUT2D eigenvalue weighted by atomic mass is 10.2. The van der Waals surface area contributed by atoms with Crippen molar-refractivity contribution in [1.29, 1.82) is 0 Å². The van der Waals surface area contributed by atoms with Crippen molar-refractivity contribution in [2.75, 3.05) is 26.2 Å². The van der Waals surface area contributed by atoms with Crippen molar-refractivity contribution in [1.82, 2.24) is 16.0 Å². The fourth-order valence-corrected chi connectivity index (χ4v) is 2.27. The fraction of sp³-hybridized carbons (Fsp3) is 0.909. The largest absolute Gasteiger partial charge is 0.445 e. The summed E-state index contributed by atoms with van der Waals surface area (Å²) in [5.74, 6) is 0. The van der Waals surface area contributed by atoms with Crippen LogP contribution in [0.3, 0.4) is 0 Å². The molecule has 1 amide bonds. The van der Waals surface area contributed by atoms with Gasteiger partial charge in [0.2, 0.25) is 0 Å². The third-order valence-electron chi connectivity index (χ3n) is 3.21. The molecular formula is C11H21N3O2. The minimum absolute atomic E-state index is 0.0598. The predicted molar refractivity (Wildman–Crippen MR) is 61.4 cm³/mol. The van der Waals surface area contributed by atoms with Crippen LogP contribution in [0.4, 0.5) is 4.79 Å². The molecule has 2 rings (SSSR count). The monoisotopic (exact) mass is 227 g/mol. The summed E-state index contributed by atoms with van der Waals surface area (Å²) in [6.45, 7) is 3.56. The van der Waals surface area contributed by atoms with Gasteiger partial charge in [0.1, 0.15) is 6.10 Å². The van der Waals surface area contributed by atoms with E-state index in [9.17, 15) is 4.79 Å². The van der Waals surface area contributed by atoms with Crippen LogP contribution < -0.4 is 16.0 Å². The van der Waals surface area contributed by atoms with E-state index in [1.807, 2.05) is 0 Å². The number of alkyl carbamates (subject to hydrolysis) is 1. The van der Waals surface area contributed by atoms with E-state index in [2.05, 4.69) is 16.0 Å². The maximum atomic E-state index is 11.4. The van der Waals surface area contributed by atoms with Crippen LogP contribution in [-0.4, -0.2) is 44.4 Å². The summed E-state index contributed by atoms with van der Waals surface area (Å²) < 4.78 is 5.24. The van der Waals surface area contributed by atoms with Crippen molar-refractivity contribution in [3.05, 3.63) is 0 Å². The van der Waals surface area contributed by atoms with Crippen molar-refractivity contribution in [3.8, 4) is 0 Å². The van der Waals surface area contributed by atoms with E-state index in [1.165, 1.54) is 12.8 Å². The number of amides is 1. The average Bonchev–Trinajstić information content (AvgIpc) is 2.90. The summed E-state index contributed by atoms with van der Waals surface area (Å²) in [6, 6.07) is 0.577. The first kappa shape index (κ1) is 11.7. The molecular weight excluding hydrogens is 206 g/mol. The molecule has 2 atom stereocenters. The molecule has 0 spiro atoms. The van der Waals surface area contributed by atoms with Crippen molar-refractivity contribution in [3.63, 3.8) is 0 Å². The molecule has 2 fully saturated rings. The summed E-state index contributed by atoms with van der Waals surface area (Å²) in [4.78, 5) is 11.4. The summed E-state index contributed by atoms with van der Waals surface area (Å²) in [5.41, 5.74) is 0. The second-order valence-corrected chi connectivity index (χ2v) is 4.53. The Labute approximate surface area is 96.3 Å². The molecule has 2 aliphatic rings. The van der Waals surface area contributed by atoms with Crippen molar-refractivity contribution in [2.45, 2.75) is 37.8 Å². The van der Waals surface area contributed by atoms with Gasteiger partial charge in [-0.15, -0.1) is 0 Å². The number of ether oxygens (including phenoxy) is 1. The number of nitrogens with one attached hydrogen (secondary N) is 3. The molecule has 2 aliphatic heterocycles. The minimum Gasteiger partial charge on any atom is -0.445 e. The zero-order valence-corrected chi connectivity index (χ0v) is 9.63. The molecule has 0 radical (unpaired) electrons. The molecule has 92 valence electrons. The van der Waals surface area contributed by atoms with E-state index in [-0.39, 0.29) is 12.2 Å². The van der Waals surface area contributed by atoms with Crippen molar-refractivity contribution in [2.24, 2.45) is 0 Å². The average molecular weight is 227 g/mol. The summed E-state index contributed by atoms with van der Waals surface area (Å²) in [6.07, 6.45) is 4.19. The van der Waals surface area contributed by atoms with Gasteiger partial charge in [-0.25, -0.2) is 4.79 Å². The number of rotatable bonds is 4. The van der Waals surface area contributed by atoms with E-state index in [0.29, 0.717) is 12.6 Å². The molecule has 1 unspecified atom stereocenters.